The van der Waals surface area contributed by atoms with E-state index in [9.17, 15) is 9.18 Å². The average Bonchev–Trinajstić information content (AvgIpc) is 3.27. The molecule has 1 N–H and O–H groups in total. The molecule has 0 saturated heterocycles. The molecule has 0 bridgehead atoms. The number of anilines is 1. The van der Waals surface area contributed by atoms with Gasteiger partial charge in [-0.25, -0.2) is 13.9 Å². The molecule has 0 saturated carbocycles. The van der Waals surface area contributed by atoms with Gasteiger partial charge in [0.05, 0.1) is 15.9 Å². The Kier molecular flexibility index (Phi) is 4.98. The molecule has 7 nitrogen and oxygen atoms in total. The molecule has 3 aromatic heterocycles. The van der Waals surface area contributed by atoms with Crippen molar-refractivity contribution in [2.24, 2.45) is 0 Å². The first-order valence-electron chi connectivity index (χ1n) is 8.30. The summed E-state index contributed by atoms with van der Waals surface area (Å²) in [4.78, 5) is 16.8. The van der Waals surface area contributed by atoms with Gasteiger partial charge in [-0.3, -0.25) is 9.48 Å². The number of carbonyl (C=O) groups excluding carboxylic acids is 1. The maximum Gasteiger partial charge on any atom is 0.276 e. The van der Waals surface area contributed by atoms with E-state index in [-0.39, 0.29) is 11.4 Å². The van der Waals surface area contributed by atoms with Crippen molar-refractivity contribution in [1.82, 2.24) is 24.4 Å². The van der Waals surface area contributed by atoms with E-state index in [4.69, 9.17) is 0 Å². The van der Waals surface area contributed by atoms with Gasteiger partial charge in [-0.15, -0.1) is 0 Å². The third-order valence-electron chi connectivity index (χ3n) is 4.05. The van der Waals surface area contributed by atoms with Gasteiger partial charge < -0.3 is 5.32 Å². The van der Waals surface area contributed by atoms with Gasteiger partial charge in [0.25, 0.3) is 5.91 Å². The maximum atomic E-state index is 14.0. The lowest BCUT2D eigenvalue weighted by Gasteiger charge is -2.04. The van der Waals surface area contributed by atoms with E-state index in [1.807, 2.05) is 13.1 Å². The van der Waals surface area contributed by atoms with Crippen LogP contribution >= 0.6 is 31.9 Å². The Morgan fingerprint density at radius 1 is 1.21 bits per heavy atom. The third-order valence-corrected chi connectivity index (χ3v) is 5.13. The summed E-state index contributed by atoms with van der Waals surface area (Å²) in [6, 6.07) is 7.71. The molecule has 3 heterocycles. The van der Waals surface area contributed by atoms with Crippen LogP contribution in [-0.2, 0) is 6.54 Å². The number of hydrogen-bond donors (Lipinski definition) is 1. The Morgan fingerprint density at radius 2 is 2.04 bits per heavy atom. The molecule has 4 rings (SSSR count). The van der Waals surface area contributed by atoms with Crippen molar-refractivity contribution in [3.8, 4) is 11.4 Å². The Balaban J connectivity index is 1.71. The van der Waals surface area contributed by atoms with E-state index in [1.54, 1.807) is 33.6 Å². The van der Waals surface area contributed by atoms with Crippen molar-refractivity contribution < 1.29 is 9.18 Å². The first kappa shape index (κ1) is 18.8. The SMILES string of the molecule is CCn1cc(Br)c(-c2ccnc3cc(C(=O)Nc4ccc(Br)cc4F)nn23)n1. The summed E-state index contributed by atoms with van der Waals surface area (Å²) in [6.45, 7) is 2.71. The zero-order valence-electron chi connectivity index (χ0n) is 14.5. The number of nitrogens with one attached hydrogen (secondary N) is 1. The predicted molar refractivity (Wildman–Crippen MR) is 110 cm³/mol. The average molecular weight is 508 g/mol. The Hall–Kier alpha value is -2.59. The highest BCUT2D eigenvalue weighted by Gasteiger charge is 2.18. The van der Waals surface area contributed by atoms with Crippen LogP contribution in [0.1, 0.15) is 17.4 Å². The topological polar surface area (TPSA) is 77.1 Å². The monoisotopic (exact) mass is 506 g/mol. The van der Waals surface area contributed by atoms with Gasteiger partial charge in [0.15, 0.2) is 11.3 Å². The second-order valence-corrected chi connectivity index (χ2v) is 7.66. The summed E-state index contributed by atoms with van der Waals surface area (Å²) in [6.07, 6.45) is 3.49. The van der Waals surface area contributed by atoms with E-state index in [0.717, 1.165) is 11.0 Å². The van der Waals surface area contributed by atoms with E-state index in [2.05, 4.69) is 52.4 Å². The smallest absolute Gasteiger partial charge is 0.276 e. The first-order valence-corrected chi connectivity index (χ1v) is 9.89. The quantitative estimate of drug-likeness (QED) is 0.440. The van der Waals surface area contributed by atoms with Gasteiger partial charge in [0, 0.05) is 29.5 Å². The standard InChI is InChI=1S/C18H13Br2FN6O/c1-2-26-9-11(20)17(25-26)15-5-6-22-16-8-14(24-27(15)16)18(28)23-13-4-3-10(19)7-12(13)21/h3-9H,2H2,1H3,(H,23,28). The van der Waals surface area contributed by atoms with Crippen LogP contribution in [0, 0.1) is 5.82 Å². The van der Waals surface area contributed by atoms with E-state index in [0.29, 0.717) is 21.5 Å². The summed E-state index contributed by atoms with van der Waals surface area (Å²) in [7, 11) is 0. The van der Waals surface area contributed by atoms with Gasteiger partial charge in [0.2, 0.25) is 0 Å². The number of aryl methyl sites for hydroxylation is 1. The van der Waals surface area contributed by atoms with E-state index >= 15 is 0 Å². The molecule has 1 amide bonds. The number of fused-ring (bicyclic) bond motifs is 1. The summed E-state index contributed by atoms with van der Waals surface area (Å²) in [5, 5.41) is 11.4. The third kappa shape index (κ3) is 3.45. The summed E-state index contributed by atoms with van der Waals surface area (Å²) >= 11 is 6.69. The molecule has 28 heavy (non-hydrogen) atoms. The zero-order valence-corrected chi connectivity index (χ0v) is 17.7. The number of rotatable bonds is 4. The first-order chi connectivity index (χ1) is 13.5. The molecule has 0 aliphatic carbocycles. The minimum absolute atomic E-state index is 0.0721. The summed E-state index contributed by atoms with van der Waals surface area (Å²) in [5.74, 6) is -1.07. The van der Waals surface area contributed by atoms with Crippen LogP contribution < -0.4 is 5.32 Å². The fraction of sp³-hybridized carbons (Fsp3) is 0.111. The van der Waals surface area contributed by atoms with Crippen LogP contribution in [0.3, 0.4) is 0 Å². The van der Waals surface area contributed by atoms with Crippen LogP contribution in [0.25, 0.3) is 17.0 Å². The number of nitrogens with zero attached hydrogens (tertiary/aromatic N) is 5. The van der Waals surface area contributed by atoms with Crippen LogP contribution in [0.15, 0.2) is 51.7 Å². The molecule has 0 unspecified atom stereocenters. The van der Waals surface area contributed by atoms with Crippen molar-refractivity contribution in [1.29, 1.82) is 0 Å². The van der Waals surface area contributed by atoms with Gasteiger partial charge in [-0.2, -0.15) is 10.2 Å². The second-order valence-electron chi connectivity index (χ2n) is 5.89. The number of carbonyl (C=O) groups is 1. The van der Waals surface area contributed by atoms with Crippen molar-refractivity contribution in [2.45, 2.75) is 13.5 Å². The molecule has 4 aromatic rings. The molecule has 10 heteroatoms. The van der Waals surface area contributed by atoms with Crippen molar-refractivity contribution in [3.05, 3.63) is 63.2 Å². The van der Waals surface area contributed by atoms with Crippen LogP contribution in [0.4, 0.5) is 10.1 Å². The lowest BCUT2D eigenvalue weighted by molar-refractivity contribution is 0.102. The molecule has 0 radical (unpaired) electrons. The Labute approximate surface area is 175 Å². The molecule has 0 aliphatic rings. The predicted octanol–water partition coefficient (Wildman–Crippen LogP) is 4.53. The molecular weight excluding hydrogens is 495 g/mol. The van der Waals surface area contributed by atoms with Crippen molar-refractivity contribution in [2.75, 3.05) is 5.32 Å². The number of halogens is 3. The number of hydrogen-bond acceptors (Lipinski definition) is 4. The Bertz CT molecular complexity index is 1200. The lowest BCUT2D eigenvalue weighted by Crippen LogP contribution is -2.14. The van der Waals surface area contributed by atoms with Crippen LogP contribution in [-0.4, -0.2) is 30.3 Å². The van der Waals surface area contributed by atoms with E-state index in [1.165, 1.54) is 12.1 Å². The molecule has 0 spiro atoms. The minimum atomic E-state index is -0.542. The van der Waals surface area contributed by atoms with Gasteiger partial charge in [-0.1, -0.05) is 15.9 Å². The molecule has 0 aliphatic heterocycles. The fourth-order valence-corrected chi connectivity index (χ4v) is 3.55. The fourth-order valence-electron chi connectivity index (χ4n) is 2.70. The molecule has 0 atom stereocenters. The second kappa shape index (κ2) is 7.44. The van der Waals surface area contributed by atoms with Gasteiger partial charge in [0.1, 0.15) is 11.5 Å². The lowest BCUT2D eigenvalue weighted by atomic mass is 10.3. The summed E-state index contributed by atoms with van der Waals surface area (Å²) < 4.78 is 18.7. The minimum Gasteiger partial charge on any atom is -0.318 e. The zero-order chi connectivity index (χ0) is 19.8. The van der Waals surface area contributed by atoms with Gasteiger partial charge in [-0.05, 0) is 47.1 Å². The summed E-state index contributed by atoms with van der Waals surface area (Å²) in [5.41, 5.74) is 2.04. The molecular formula is C18H13Br2FN6O. The van der Waals surface area contributed by atoms with Crippen molar-refractivity contribution in [3.63, 3.8) is 0 Å². The number of aromatic nitrogens is 5. The number of benzene rings is 1. The highest BCUT2D eigenvalue weighted by molar-refractivity contribution is 9.10. The van der Waals surface area contributed by atoms with Crippen LogP contribution in [0.2, 0.25) is 0 Å². The number of amides is 1. The maximum absolute atomic E-state index is 14.0. The highest BCUT2D eigenvalue weighted by Crippen LogP contribution is 2.27. The largest absolute Gasteiger partial charge is 0.318 e. The molecule has 0 fully saturated rings. The highest BCUT2D eigenvalue weighted by atomic mass is 79.9. The van der Waals surface area contributed by atoms with Gasteiger partial charge >= 0.3 is 0 Å². The molecule has 1 aromatic carbocycles. The van der Waals surface area contributed by atoms with E-state index < -0.39 is 11.7 Å². The molecule has 142 valence electrons. The normalized spacial score (nSPS) is 11.1. The van der Waals surface area contributed by atoms with Crippen LogP contribution in [0.5, 0.6) is 0 Å². The van der Waals surface area contributed by atoms with Crippen molar-refractivity contribution >= 4 is 49.1 Å². The Morgan fingerprint density at radius 3 is 2.75 bits per heavy atom.